The van der Waals surface area contributed by atoms with Crippen molar-refractivity contribution in [3.63, 3.8) is 0 Å². The molecule has 158 valence electrons. The van der Waals surface area contributed by atoms with E-state index in [2.05, 4.69) is 15.5 Å². The second-order valence-electron chi connectivity index (χ2n) is 6.55. The van der Waals surface area contributed by atoms with Crippen LogP contribution in [0.15, 0.2) is 53.7 Å². The third kappa shape index (κ3) is 5.54. The van der Waals surface area contributed by atoms with E-state index < -0.39 is 0 Å². The minimum atomic E-state index is -0.0719. The van der Waals surface area contributed by atoms with Crippen LogP contribution in [-0.4, -0.2) is 46.7 Å². The number of nitrogens with one attached hydrogen (secondary N) is 1. The molecule has 3 rings (SSSR count). The molecule has 1 amide bonds. The van der Waals surface area contributed by atoms with Gasteiger partial charge in [0.15, 0.2) is 11.0 Å². The van der Waals surface area contributed by atoms with Crippen LogP contribution in [0.4, 0.5) is 0 Å². The van der Waals surface area contributed by atoms with Gasteiger partial charge in [-0.25, -0.2) is 0 Å². The summed E-state index contributed by atoms with van der Waals surface area (Å²) in [6.45, 7) is 5.59. The molecule has 0 aliphatic rings. The minimum absolute atomic E-state index is 0.0719. The Labute approximate surface area is 180 Å². The van der Waals surface area contributed by atoms with Crippen molar-refractivity contribution in [1.82, 2.24) is 20.1 Å². The maximum Gasteiger partial charge on any atom is 0.230 e. The monoisotopic (exact) mass is 426 g/mol. The Balaban J connectivity index is 1.52. The van der Waals surface area contributed by atoms with Gasteiger partial charge in [0.1, 0.15) is 18.1 Å². The molecule has 0 aliphatic carbocycles. The summed E-state index contributed by atoms with van der Waals surface area (Å²) in [6.07, 6.45) is 0. The van der Waals surface area contributed by atoms with Gasteiger partial charge in [0.2, 0.25) is 5.91 Å². The molecule has 0 saturated heterocycles. The van der Waals surface area contributed by atoms with E-state index in [1.54, 1.807) is 7.11 Å². The Kier molecular flexibility index (Phi) is 7.73. The summed E-state index contributed by atoms with van der Waals surface area (Å²) < 4.78 is 13.1. The van der Waals surface area contributed by atoms with Gasteiger partial charge in [0.05, 0.1) is 25.0 Å². The first-order valence-electron chi connectivity index (χ1n) is 9.78. The van der Waals surface area contributed by atoms with Gasteiger partial charge in [-0.1, -0.05) is 36.0 Å². The Morgan fingerprint density at radius 2 is 2.00 bits per heavy atom. The van der Waals surface area contributed by atoms with Crippen molar-refractivity contribution in [3.05, 3.63) is 54.1 Å². The number of thioether (sulfide) groups is 1. The van der Waals surface area contributed by atoms with Crippen molar-refractivity contribution in [2.24, 2.45) is 0 Å². The lowest BCUT2D eigenvalue weighted by atomic mass is 10.2. The first-order chi connectivity index (χ1) is 14.6. The average Bonchev–Trinajstić information content (AvgIpc) is 3.18. The molecule has 1 aromatic heterocycles. The number of aryl methyl sites for hydroxylation is 1. The number of carbonyl (C=O) groups is 1. The van der Waals surface area contributed by atoms with Gasteiger partial charge in [0, 0.05) is 6.54 Å². The second-order valence-corrected chi connectivity index (χ2v) is 7.50. The molecule has 1 N–H and O–H groups in total. The highest BCUT2D eigenvalue weighted by molar-refractivity contribution is 7.99. The lowest BCUT2D eigenvalue weighted by Gasteiger charge is -2.10. The number of methoxy groups -OCH3 is 1. The highest BCUT2D eigenvalue weighted by Gasteiger charge is 2.17. The van der Waals surface area contributed by atoms with E-state index in [0.717, 1.165) is 28.5 Å². The summed E-state index contributed by atoms with van der Waals surface area (Å²) in [6, 6.07) is 15.5. The number of amides is 1. The van der Waals surface area contributed by atoms with Crippen LogP contribution in [0.25, 0.3) is 11.4 Å². The predicted octanol–water partition coefficient (Wildman–Crippen LogP) is 3.57. The van der Waals surface area contributed by atoms with Gasteiger partial charge < -0.3 is 19.4 Å². The molecule has 0 unspecified atom stereocenters. The number of para-hydroxylation sites is 1. The first-order valence-corrected chi connectivity index (χ1v) is 10.8. The van der Waals surface area contributed by atoms with Crippen molar-refractivity contribution < 1.29 is 14.3 Å². The van der Waals surface area contributed by atoms with E-state index in [4.69, 9.17) is 9.47 Å². The third-order valence-electron chi connectivity index (χ3n) is 4.40. The van der Waals surface area contributed by atoms with Gasteiger partial charge in [-0.05, 0) is 43.7 Å². The Morgan fingerprint density at radius 1 is 1.17 bits per heavy atom. The van der Waals surface area contributed by atoms with E-state index in [9.17, 15) is 4.79 Å². The van der Waals surface area contributed by atoms with E-state index in [0.29, 0.717) is 24.9 Å². The lowest BCUT2D eigenvalue weighted by Crippen LogP contribution is -2.29. The van der Waals surface area contributed by atoms with Crippen molar-refractivity contribution in [2.45, 2.75) is 25.5 Å². The number of nitrogens with zero attached hydrogens (tertiary/aromatic N) is 3. The van der Waals surface area contributed by atoms with Crippen LogP contribution in [0, 0.1) is 6.92 Å². The molecule has 1 heterocycles. The molecular formula is C22H26N4O3S. The van der Waals surface area contributed by atoms with E-state index in [-0.39, 0.29) is 11.7 Å². The van der Waals surface area contributed by atoms with Crippen LogP contribution in [-0.2, 0) is 11.3 Å². The Bertz CT molecular complexity index is 990. The zero-order valence-corrected chi connectivity index (χ0v) is 18.2. The van der Waals surface area contributed by atoms with Crippen LogP contribution < -0.4 is 14.8 Å². The van der Waals surface area contributed by atoms with Gasteiger partial charge in [-0.2, -0.15) is 0 Å². The van der Waals surface area contributed by atoms with Gasteiger partial charge >= 0.3 is 0 Å². The fourth-order valence-electron chi connectivity index (χ4n) is 2.95. The van der Waals surface area contributed by atoms with Gasteiger partial charge in [0.25, 0.3) is 0 Å². The molecule has 0 atom stereocenters. The van der Waals surface area contributed by atoms with Crippen LogP contribution in [0.1, 0.15) is 12.5 Å². The topological polar surface area (TPSA) is 78.3 Å². The SMILES string of the molecule is CCn1c(SCC(=O)NCCOc2cccc(C)c2)nnc1-c1ccccc1OC. The molecule has 30 heavy (non-hydrogen) atoms. The number of benzene rings is 2. The predicted molar refractivity (Wildman–Crippen MR) is 118 cm³/mol. The van der Waals surface area contributed by atoms with Gasteiger partial charge in [-0.3, -0.25) is 4.79 Å². The second kappa shape index (κ2) is 10.7. The molecule has 7 nitrogen and oxygen atoms in total. The summed E-state index contributed by atoms with van der Waals surface area (Å²) in [4.78, 5) is 12.2. The van der Waals surface area contributed by atoms with Crippen LogP contribution in [0.2, 0.25) is 0 Å². The normalized spacial score (nSPS) is 10.6. The number of carbonyl (C=O) groups excluding carboxylic acids is 1. The van der Waals surface area contributed by atoms with Crippen LogP contribution in [0.5, 0.6) is 11.5 Å². The Hall–Kier alpha value is -3.00. The molecule has 0 saturated carbocycles. The van der Waals surface area contributed by atoms with E-state index in [1.807, 2.05) is 66.9 Å². The Morgan fingerprint density at radius 3 is 2.77 bits per heavy atom. The van der Waals surface area contributed by atoms with E-state index in [1.165, 1.54) is 11.8 Å². The minimum Gasteiger partial charge on any atom is -0.496 e. The van der Waals surface area contributed by atoms with Crippen LogP contribution >= 0.6 is 11.8 Å². The summed E-state index contributed by atoms with van der Waals surface area (Å²) in [5.41, 5.74) is 2.01. The van der Waals surface area contributed by atoms with E-state index >= 15 is 0 Å². The molecule has 0 fully saturated rings. The third-order valence-corrected chi connectivity index (χ3v) is 5.36. The highest BCUT2D eigenvalue weighted by atomic mass is 32.2. The smallest absolute Gasteiger partial charge is 0.230 e. The summed E-state index contributed by atoms with van der Waals surface area (Å²) in [5, 5.41) is 12.2. The fourth-order valence-corrected chi connectivity index (χ4v) is 3.79. The highest BCUT2D eigenvalue weighted by Crippen LogP contribution is 2.30. The van der Waals surface area contributed by atoms with Crippen molar-refractivity contribution in [3.8, 4) is 22.9 Å². The van der Waals surface area contributed by atoms with Crippen molar-refractivity contribution in [2.75, 3.05) is 26.0 Å². The largest absolute Gasteiger partial charge is 0.496 e. The maximum atomic E-state index is 12.2. The summed E-state index contributed by atoms with van der Waals surface area (Å²) >= 11 is 1.36. The van der Waals surface area contributed by atoms with Crippen molar-refractivity contribution >= 4 is 17.7 Å². The fraction of sp³-hybridized carbons (Fsp3) is 0.318. The number of hydrogen-bond acceptors (Lipinski definition) is 6. The van der Waals surface area contributed by atoms with Crippen LogP contribution in [0.3, 0.4) is 0 Å². The number of aromatic nitrogens is 3. The molecule has 0 bridgehead atoms. The quantitative estimate of drug-likeness (QED) is 0.394. The maximum absolute atomic E-state index is 12.2. The lowest BCUT2D eigenvalue weighted by molar-refractivity contribution is -0.118. The molecular weight excluding hydrogens is 400 g/mol. The summed E-state index contributed by atoms with van der Waals surface area (Å²) in [7, 11) is 1.63. The van der Waals surface area contributed by atoms with Crippen molar-refractivity contribution in [1.29, 1.82) is 0 Å². The zero-order chi connectivity index (χ0) is 21.3. The molecule has 0 spiro atoms. The van der Waals surface area contributed by atoms with Gasteiger partial charge in [-0.15, -0.1) is 10.2 Å². The molecule has 8 heteroatoms. The standard InChI is InChI=1S/C22H26N4O3S/c1-4-26-21(18-10-5-6-11-19(18)28-3)24-25-22(26)30-15-20(27)23-12-13-29-17-9-7-8-16(2)14-17/h5-11,14H,4,12-13,15H2,1-3H3,(H,23,27). The number of hydrogen-bond donors (Lipinski definition) is 1. The number of rotatable bonds is 10. The summed E-state index contributed by atoms with van der Waals surface area (Å²) in [5.74, 6) is 2.46. The molecule has 2 aromatic carbocycles. The average molecular weight is 427 g/mol. The molecule has 3 aromatic rings. The molecule has 0 aliphatic heterocycles. The molecule has 0 radical (unpaired) electrons. The number of ether oxygens (including phenoxy) is 2. The zero-order valence-electron chi connectivity index (χ0n) is 17.4. The first kappa shape index (κ1) is 21.7.